The molecular formula is C17H20N2O. The minimum absolute atomic E-state index is 0.0572. The SMILES string of the molecule is CNC(=O)c1ccc(NCc2ccc(C)cc2)c(C)c1. The van der Waals surface area contributed by atoms with E-state index in [4.69, 9.17) is 0 Å². The predicted molar refractivity (Wildman–Crippen MR) is 83.1 cm³/mol. The number of carbonyl (C=O) groups is 1. The van der Waals surface area contributed by atoms with Crippen molar-refractivity contribution in [3.8, 4) is 0 Å². The fourth-order valence-corrected chi connectivity index (χ4v) is 2.05. The summed E-state index contributed by atoms with van der Waals surface area (Å²) in [5, 5.41) is 6.03. The molecule has 3 nitrogen and oxygen atoms in total. The Kier molecular flexibility index (Phi) is 4.41. The van der Waals surface area contributed by atoms with E-state index in [9.17, 15) is 4.79 Å². The zero-order valence-electron chi connectivity index (χ0n) is 12.2. The summed E-state index contributed by atoms with van der Waals surface area (Å²) in [6, 6.07) is 14.2. The van der Waals surface area contributed by atoms with E-state index in [0.29, 0.717) is 5.56 Å². The summed E-state index contributed by atoms with van der Waals surface area (Å²) in [7, 11) is 1.64. The van der Waals surface area contributed by atoms with Crippen LogP contribution in [0.1, 0.15) is 27.0 Å². The molecule has 1 amide bonds. The van der Waals surface area contributed by atoms with E-state index in [2.05, 4.69) is 41.8 Å². The number of hydrogen-bond acceptors (Lipinski definition) is 2. The summed E-state index contributed by atoms with van der Waals surface area (Å²) in [5.41, 5.74) is 5.31. The molecule has 0 saturated heterocycles. The molecule has 0 fully saturated rings. The van der Waals surface area contributed by atoms with Crippen molar-refractivity contribution in [2.24, 2.45) is 0 Å². The lowest BCUT2D eigenvalue weighted by Crippen LogP contribution is -2.17. The van der Waals surface area contributed by atoms with Crippen molar-refractivity contribution in [2.75, 3.05) is 12.4 Å². The van der Waals surface area contributed by atoms with Crippen molar-refractivity contribution in [1.29, 1.82) is 0 Å². The number of amides is 1. The second kappa shape index (κ2) is 6.24. The van der Waals surface area contributed by atoms with Gasteiger partial charge in [0.15, 0.2) is 0 Å². The standard InChI is InChI=1S/C17H20N2O/c1-12-4-6-14(7-5-12)11-19-16-9-8-15(10-13(16)2)17(20)18-3/h4-10,19H,11H2,1-3H3,(H,18,20). The Bertz CT molecular complexity index is 603. The molecule has 0 unspecified atom stereocenters. The van der Waals surface area contributed by atoms with Crippen molar-refractivity contribution in [2.45, 2.75) is 20.4 Å². The van der Waals surface area contributed by atoms with Gasteiger partial charge < -0.3 is 10.6 Å². The van der Waals surface area contributed by atoms with Crippen molar-refractivity contribution in [1.82, 2.24) is 5.32 Å². The summed E-state index contributed by atoms with van der Waals surface area (Å²) in [6.45, 7) is 4.86. The number of hydrogen-bond donors (Lipinski definition) is 2. The third kappa shape index (κ3) is 3.38. The molecule has 0 radical (unpaired) electrons. The highest BCUT2D eigenvalue weighted by Gasteiger charge is 2.05. The smallest absolute Gasteiger partial charge is 0.251 e. The van der Waals surface area contributed by atoms with Gasteiger partial charge in [0, 0.05) is 24.8 Å². The summed E-state index contributed by atoms with van der Waals surface area (Å²) < 4.78 is 0. The maximum Gasteiger partial charge on any atom is 0.251 e. The van der Waals surface area contributed by atoms with Crippen LogP contribution < -0.4 is 10.6 Å². The molecule has 20 heavy (non-hydrogen) atoms. The van der Waals surface area contributed by atoms with Crippen LogP contribution >= 0.6 is 0 Å². The average molecular weight is 268 g/mol. The third-order valence-corrected chi connectivity index (χ3v) is 3.32. The van der Waals surface area contributed by atoms with Crippen LogP contribution in [0, 0.1) is 13.8 Å². The van der Waals surface area contributed by atoms with Gasteiger partial charge in [-0.1, -0.05) is 29.8 Å². The number of benzene rings is 2. The lowest BCUT2D eigenvalue weighted by atomic mass is 10.1. The Morgan fingerprint density at radius 3 is 2.35 bits per heavy atom. The normalized spacial score (nSPS) is 10.2. The zero-order chi connectivity index (χ0) is 14.5. The lowest BCUT2D eigenvalue weighted by Gasteiger charge is -2.11. The van der Waals surface area contributed by atoms with Gasteiger partial charge in [-0.25, -0.2) is 0 Å². The molecule has 0 bridgehead atoms. The van der Waals surface area contributed by atoms with Crippen LogP contribution in [0.15, 0.2) is 42.5 Å². The van der Waals surface area contributed by atoms with Crippen LogP contribution in [0.3, 0.4) is 0 Å². The predicted octanol–water partition coefficient (Wildman–Crippen LogP) is 3.28. The van der Waals surface area contributed by atoms with Crippen LogP contribution in [0.5, 0.6) is 0 Å². The minimum atomic E-state index is -0.0572. The second-order valence-electron chi connectivity index (χ2n) is 4.95. The van der Waals surface area contributed by atoms with Crippen molar-refractivity contribution >= 4 is 11.6 Å². The molecular weight excluding hydrogens is 248 g/mol. The maximum absolute atomic E-state index is 11.6. The van der Waals surface area contributed by atoms with Crippen LogP contribution in [-0.4, -0.2) is 13.0 Å². The number of rotatable bonds is 4. The van der Waals surface area contributed by atoms with Gasteiger partial charge in [-0.05, 0) is 43.2 Å². The molecule has 0 saturated carbocycles. The third-order valence-electron chi connectivity index (χ3n) is 3.32. The van der Waals surface area contributed by atoms with Gasteiger partial charge in [-0.3, -0.25) is 4.79 Å². The first kappa shape index (κ1) is 14.1. The van der Waals surface area contributed by atoms with Crippen molar-refractivity contribution < 1.29 is 4.79 Å². The highest BCUT2D eigenvalue weighted by atomic mass is 16.1. The monoisotopic (exact) mass is 268 g/mol. The van der Waals surface area contributed by atoms with Gasteiger partial charge >= 0.3 is 0 Å². The minimum Gasteiger partial charge on any atom is -0.381 e. The summed E-state index contributed by atoms with van der Waals surface area (Å²) in [4.78, 5) is 11.6. The molecule has 0 atom stereocenters. The van der Waals surface area contributed by atoms with Crippen molar-refractivity contribution in [3.05, 3.63) is 64.7 Å². The number of nitrogens with one attached hydrogen (secondary N) is 2. The first-order valence-electron chi connectivity index (χ1n) is 6.72. The van der Waals surface area contributed by atoms with E-state index in [1.807, 2.05) is 25.1 Å². The molecule has 0 aliphatic heterocycles. The number of anilines is 1. The molecule has 2 rings (SSSR count). The largest absolute Gasteiger partial charge is 0.381 e. The molecule has 3 heteroatoms. The first-order chi connectivity index (χ1) is 9.60. The number of carbonyl (C=O) groups excluding carboxylic acids is 1. The molecule has 0 aromatic heterocycles. The average Bonchev–Trinajstić information content (AvgIpc) is 2.46. The van der Waals surface area contributed by atoms with E-state index < -0.39 is 0 Å². The van der Waals surface area contributed by atoms with Gasteiger partial charge in [-0.2, -0.15) is 0 Å². The zero-order valence-corrected chi connectivity index (χ0v) is 12.2. The van der Waals surface area contributed by atoms with Gasteiger partial charge in [0.2, 0.25) is 0 Å². The van der Waals surface area contributed by atoms with Gasteiger partial charge in [0.1, 0.15) is 0 Å². The highest BCUT2D eigenvalue weighted by Crippen LogP contribution is 2.17. The molecule has 0 aliphatic carbocycles. The molecule has 0 heterocycles. The van der Waals surface area contributed by atoms with Crippen LogP contribution in [0.25, 0.3) is 0 Å². The molecule has 2 N–H and O–H groups in total. The molecule has 0 spiro atoms. The Morgan fingerprint density at radius 2 is 1.75 bits per heavy atom. The van der Waals surface area contributed by atoms with Crippen molar-refractivity contribution in [3.63, 3.8) is 0 Å². The molecule has 2 aromatic rings. The Balaban J connectivity index is 2.06. The van der Waals surface area contributed by atoms with Gasteiger partial charge in [0.25, 0.3) is 5.91 Å². The van der Waals surface area contributed by atoms with Gasteiger partial charge in [0.05, 0.1) is 0 Å². The maximum atomic E-state index is 11.6. The number of aryl methyl sites for hydroxylation is 2. The summed E-state index contributed by atoms with van der Waals surface area (Å²) in [5.74, 6) is -0.0572. The van der Waals surface area contributed by atoms with E-state index in [0.717, 1.165) is 17.8 Å². The van der Waals surface area contributed by atoms with E-state index in [-0.39, 0.29) is 5.91 Å². The Hall–Kier alpha value is -2.29. The summed E-state index contributed by atoms with van der Waals surface area (Å²) in [6.07, 6.45) is 0. The van der Waals surface area contributed by atoms with Crippen LogP contribution in [0.4, 0.5) is 5.69 Å². The highest BCUT2D eigenvalue weighted by molar-refractivity contribution is 5.94. The lowest BCUT2D eigenvalue weighted by molar-refractivity contribution is 0.0963. The molecule has 2 aromatic carbocycles. The fourth-order valence-electron chi connectivity index (χ4n) is 2.05. The molecule has 104 valence electrons. The van der Waals surface area contributed by atoms with Gasteiger partial charge in [-0.15, -0.1) is 0 Å². The second-order valence-corrected chi connectivity index (χ2v) is 4.95. The quantitative estimate of drug-likeness (QED) is 0.893. The first-order valence-corrected chi connectivity index (χ1v) is 6.72. The topological polar surface area (TPSA) is 41.1 Å². The van der Waals surface area contributed by atoms with E-state index in [1.54, 1.807) is 7.05 Å². The van der Waals surface area contributed by atoms with Crippen LogP contribution in [-0.2, 0) is 6.54 Å². The Morgan fingerprint density at radius 1 is 1.05 bits per heavy atom. The molecule has 0 aliphatic rings. The van der Waals surface area contributed by atoms with E-state index in [1.165, 1.54) is 11.1 Å². The fraction of sp³-hybridized carbons (Fsp3) is 0.235. The summed E-state index contributed by atoms with van der Waals surface area (Å²) >= 11 is 0. The van der Waals surface area contributed by atoms with E-state index >= 15 is 0 Å². The van der Waals surface area contributed by atoms with Crippen LogP contribution in [0.2, 0.25) is 0 Å². The Labute approximate surface area is 120 Å².